The van der Waals surface area contributed by atoms with Gasteiger partial charge in [-0.15, -0.1) is 12.4 Å². The van der Waals surface area contributed by atoms with Crippen LogP contribution in [-0.4, -0.2) is 27.9 Å². The SMILES string of the molecule is COc1cccc(CNCCc2cc(OC)c(Br)cc2OC)c1.Cl. The number of benzene rings is 2. The minimum atomic E-state index is 0. The number of halogens is 2. The van der Waals surface area contributed by atoms with E-state index >= 15 is 0 Å². The minimum Gasteiger partial charge on any atom is -0.497 e. The second-order valence-electron chi connectivity index (χ2n) is 5.08. The number of hydrogen-bond acceptors (Lipinski definition) is 4. The molecule has 0 bridgehead atoms. The lowest BCUT2D eigenvalue weighted by Gasteiger charge is -2.13. The lowest BCUT2D eigenvalue weighted by molar-refractivity contribution is 0.396. The Balaban J connectivity index is 0.00000288. The van der Waals surface area contributed by atoms with E-state index in [0.29, 0.717) is 0 Å². The molecule has 0 unspecified atom stereocenters. The van der Waals surface area contributed by atoms with Gasteiger partial charge in [-0.25, -0.2) is 0 Å². The van der Waals surface area contributed by atoms with Gasteiger partial charge in [-0.2, -0.15) is 0 Å². The quantitative estimate of drug-likeness (QED) is 0.654. The highest BCUT2D eigenvalue weighted by atomic mass is 79.9. The van der Waals surface area contributed by atoms with E-state index in [4.69, 9.17) is 14.2 Å². The minimum absolute atomic E-state index is 0. The Bertz CT molecular complexity index is 652. The molecule has 0 heterocycles. The van der Waals surface area contributed by atoms with Gasteiger partial charge in [0.15, 0.2) is 0 Å². The average Bonchev–Trinajstić information content (AvgIpc) is 2.59. The predicted octanol–water partition coefficient (Wildman–Crippen LogP) is 4.23. The first-order valence-electron chi connectivity index (χ1n) is 7.42. The molecule has 0 fully saturated rings. The van der Waals surface area contributed by atoms with Crippen molar-refractivity contribution in [1.29, 1.82) is 0 Å². The van der Waals surface area contributed by atoms with E-state index in [2.05, 4.69) is 27.3 Å². The number of ether oxygens (including phenoxy) is 3. The van der Waals surface area contributed by atoms with E-state index in [9.17, 15) is 0 Å². The largest absolute Gasteiger partial charge is 0.497 e. The smallest absolute Gasteiger partial charge is 0.133 e. The normalized spacial score (nSPS) is 10.0. The summed E-state index contributed by atoms with van der Waals surface area (Å²) >= 11 is 3.48. The van der Waals surface area contributed by atoms with E-state index < -0.39 is 0 Å². The first kappa shape index (κ1) is 20.6. The molecule has 4 nitrogen and oxygen atoms in total. The number of methoxy groups -OCH3 is 3. The van der Waals surface area contributed by atoms with Crippen LogP contribution in [0.25, 0.3) is 0 Å². The van der Waals surface area contributed by atoms with Crippen LogP contribution in [0.5, 0.6) is 17.2 Å². The van der Waals surface area contributed by atoms with Crippen molar-refractivity contribution in [3.05, 3.63) is 52.0 Å². The zero-order chi connectivity index (χ0) is 16.7. The van der Waals surface area contributed by atoms with Crippen LogP contribution in [0.15, 0.2) is 40.9 Å². The molecule has 2 rings (SSSR count). The van der Waals surface area contributed by atoms with Crippen molar-refractivity contribution in [3.8, 4) is 17.2 Å². The molecule has 0 saturated carbocycles. The first-order chi connectivity index (χ1) is 11.2. The summed E-state index contributed by atoms with van der Waals surface area (Å²) in [6, 6.07) is 12.0. The molecule has 0 aromatic heterocycles. The number of nitrogens with one attached hydrogen (secondary N) is 1. The molecule has 24 heavy (non-hydrogen) atoms. The predicted molar refractivity (Wildman–Crippen MR) is 103 cm³/mol. The van der Waals surface area contributed by atoms with E-state index in [-0.39, 0.29) is 12.4 Å². The van der Waals surface area contributed by atoms with Gasteiger partial charge in [0, 0.05) is 6.54 Å². The van der Waals surface area contributed by atoms with Crippen molar-refractivity contribution in [2.45, 2.75) is 13.0 Å². The molecule has 0 aliphatic rings. The zero-order valence-corrected chi connectivity index (χ0v) is 16.5. The molecule has 132 valence electrons. The Morgan fingerprint density at radius 3 is 2.38 bits per heavy atom. The van der Waals surface area contributed by atoms with Crippen molar-refractivity contribution in [2.24, 2.45) is 0 Å². The molecule has 1 N–H and O–H groups in total. The second kappa shape index (κ2) is 10.4. The van der Waals surface area contributed by atoms with Crippen LogP contribution in [0.4, 0.5) is 0 Å². The lowest BCUT2D eigenvalue weighted by Crippen LogP contribution is -2.17. The van der Waals surface area contributed by atoms with Crippen molar-refractivity contribution in [1.82, 2.24) is 5.32 Å². The topological polar surface area (TPSA) is 39.7 Å². The Labute approximate surface area is 158 Å². The van der Waals surface area contributed by atoms with Gasteiger partial charge in [-0.1, -0.05) is 12.1 Å². The van der Waals surface area contributed by atoms with E-state index in [1.54, 1.807) is 21.3 Å². The Morgan fingerprint density at radius 2 is 1.71 bits per heavy atom. The summed E-state index contributed by atoms with van der Waals surface area (Å²) in [6.45, 7) is 1.64. The Kier molecular flexibility index (Phi) is 8.97. The molecule has 2 aromatic carbocycles. The van der Waals surface area contributed by atoms with Crippen LogP contribution < -0.4 is 19.5 Å². The highest BCUT2D eigenvalue weighted by Crippen LogP contribution is 2.32. The van der Waals surface area contributed by atoms with Gasteiger partial charge in [-0.3, -0.25) is 0 Å². The summed E-state index contributed by atoms with van der Waals surface area (Å²) in [5, 5.41) is 3.44. The second-order valence-corrected chi connectivity index (χ2v) is 5.93. The Morgan fingerprint density at radius 1 is 0.958 bits per heavy atom. The molecule has 0 aliphatic heterocycles. The van der Waals surface area contributed by atoms with Crippen LogP contribution in [0, 0.1) is 0 Å². The highest BCUT2D eigenvalue weighted by Gasteiger charge is 2.09. The molecule has 0 atom stereocenters. The fourth-order valence-electron chi connectivity index (χ4n) is 2.36. The monoisotopic (exact) mass is 415 g/mol. The van der Waals surface area contributed by atoms with Gasteiger partial charge < -0.3 is 19.5 Å². The van der Waals surface area contributed by atoms with Crippen molar-refractivity contribution >= 4 is 28.3 Å². The molecule has 0 radical (unpaired) electrons. The van der Waals surface area contributed by atoms with Crippen LogP contribution in [0.3, 0.4) is 0 Å². The van der Waals surface area contributed by atoms with Gasteiger partial charge in [0.25, 0.3) is 0 Å². The summed E-state index contributed by atoms with van der Waals surface area (Å²) < 4.78 is 16.9. The third-order valence-corrected chi connectivity index (χ3v) is 4.21. The molecular formula is C18H23BrClNO3. The Hall–Kier alpha value is -1.43. The third-order valence-electron chi connectivity index (χ3n) is 3.59. The van der Waals surface area contributed by atoms with Crippen LogP contribution in [0.2, 0.25) is 0 Å². The highest BCUT2D eigenvalue weighted by molar-refractivity contribution is 9.10. The van der Waals surface area contributed by atoms with Gasteiger partial charge in [0.05, 0.1) is 25.8 Å². The van der Waals surface area contributed by atoms with Crippen molar-refractivity contribution in [3.63, 3.8) is 0 Å². The maximum atomic E-state index is 5.44. The first-order valence-corrected chi connectivity index (χ1v) is 8.21. The maximum absolute atomic E-state index is 5.44. The third kappa shape index (κ3) is 5.58. The van der Waals surface area contributed by atoms with Gasteiger partial charge in [-0.05, 0) is 64.3 Å². The molecule has 2 aromatic rings. The summed E-state index contributed by atoms with van der Waals surface area (Å²) in [5.41, 5.74) is 2.32. The van der Waals surface area contributed by atoms with Crippen LogP contribution >= 0.6 is 28.3 Å². The molecule has 0 saturated heterocycles. The van der Waals surface area contributed by atoms with Crippen LogP contribution in [-0.2, 0) is 13.0 Å². The van der Waals surface area contributed by atoms with Crippen molar-refractivity contribution in [2.75, 3.05) is 27.9 Å². The van der Waals surface area contributed by atoms with E-state index in [0.717, 1.165) is 46.8 Å². The lowest BCUT2D eigenvalue weighted by atomic mass is 10.1. The van der Waals surface area contributed by atoms with Crippen molar-refractivity contribution < 1.29 is 14.2 Å². The maximum Gasteiger partial charge on any atom is 0.133 e. The summed E-state index contributed by atoms with van der Waals surface area (Å²) in [7, 11) is 5.03. The van der Waals surface area contributed by atoms with Crippen LogP contribution in [0.1, 0.15) is 11.1 Å². The van der Waals surface area contributed by atoms with E-state index in [1.807, 2.05) is 30.3 Å². The van der Waals surface area contributed by atoms with Gasteiger partial charge in [0.2, 0.25) is 0 Å². The van der Waals surface area contributed by atoms with E-state index in [1.165, 1.54) is 5.56 Å². The molecule has 0 aliphatic carbocycles. The summed E-state index contributed by atoms with van der Waals surface area (Å²) in [4.78, 5) is 0. The molecule has 6 heteroatoms. The summed E-state index contributed by atoms with van der Waals surface area (Å²) in [6.07, 6.45) is 0.858. The fourth-order valence-corrected chi connectivity index (χ4v) is 2.84. The number of hydrogen-bond donors (Lipinski definition) is 1. The van der Waals surface area contributed by atoms with Gasteiger partial charge >= 0.3 is 0 Å². The molecule has 0 spiro atoms. The number of rotatable bonds is 8. The summed E-state index contributed by atoms with van der Waals surface area (Å²) in [5.74, 6) is 2.55. The molecular weight excluding hydrogens is 394 g/mol. The fraction of sp³-hybridized carbons (Fsp3) is 0.333. The zero-order valence-electron chi connectivity index (χ0n) is 14.1. The molecule has 0 amide bonds. The van der Waals surface area contributed by atoms with Gasteiger partial charge in [0.1, 0.15) is 17.2 Å². The standard InChI is InChI=1S/C18H22BrNO3.ClH/c1-21-15-6-4-5-13(9-15)12-20-8-7-14-10-18(23-3)16(19)11-17(14)22-2;/h4-6,9-11,20H,7-8,12H2,1-3H3;1H. The average molecular weight is 417 g/mol.